The van der Waals surface area contributed by atoms with Gasteiger partial charge in [0.05, 0.1) is 12.4 Å². The van der Waals surface area contributed by atoms with Crippen LogP contribution in [0.4, 0.5) is 0 Å². The largest absolute Gasteiger partial charge is 0.467 e. The Hall–Kier alpha value is -0.800. The average molecular weight is 291 g/mol. The monoisotopic (exact) mass is 291 g/mol. The SMILES string of the molecule is CC1CC(OCc2occc2CNC2CC2)CC(C)(C)C1. The predicted molar refractivity (Wildman–Crippen MR) is 83.9 cm³/mol. The summed E-state index contributed by atoms with van der Waals surface area (Å²) in [7, 11) is 0. The maximum absolute atomic E-state index is 6.17. The van der Waals surface area contributed by atoms with Gasteiger partial charge in [-0.2, -0.15) is 0 Å². The van der Waals surface area contributed by atoms with Crippen molar-refractivity contribution in [2.75, 3.05) is 0 Å². The average Bonchev–Trinajstić information content (AvgIpc) is 3.10. The fraction of sp³-hybridized carbons (Fsp3) is 0.778. The van der Waals surface area contributed by atoms with Crippen molar-refractivity contribution in [3.05, 3.63) is 23.7 Å². The van der Waals surface area contributed by atoms with Gasteiger partial charge < -0.3 is 14.5 Å². The molecular formula is C18H29NO2. The molecule has 0 saturated heterocycles. The highest BCUT2D eigenvalue weighted by Crippen LogP contribution is 2.40. The zero-order valence-corrected chi connectivity index (χ0v) is 13.7. The second kappa shape index (κ2) is 6.13. The van der Waals surface area contributed by atoms with Crippen LogP contribution in [0, 0.1) is 11.3 Å². The molecule has 1 aromatic heterocycles. The van der Waals surface area contributed by atoms with Crippen molar-refractivity contribution in [1.82, 2.24) is 5.32 Å². The molecule has 2 aliphatic rings. The molecule has 0 radical (unpaired) electrons. The Morgan fingerprint density at radius 2 is 2.14 bits per heavy atom. The molecule has 2 saturated carbocycles. The van der Waals surface area contributed by atoms with Crippen molar-refractivity contribution >= 4 is 0 Å². The van der Waals surface area contributed by atoms with Crippen LogP contribution >= 0.6 is 0 Å². The van der Waals surface area contributed by atoms with E-state index in [2.05, 4.69) is 32.2 Å². The van der Waals surface area contributed by atoms with E-state index in [-0.39, 0.29) is 0 Å². The van der Waals surface area contributed by atoms with Gasteiger partial charge in [-0.25, -0.2) is 0 Å². The zero-order valence-electron chi connectivity index (χ0n) is 13.7. The summed E-state index contributed by atoms with van der Waals surface area (Å²) < 4.78 is 11.8. The third-order valence-corrected chi connectivity index (χ3v) is 4.79. The first-order valence-corrected chi connectivity index (χ1v) is 8.42. The molecule has 2 unspecified atom stereocenters. The van der Waals surface area contributed by atoms with E-state index in [1.165, 1.54) is 31.2 Å². The molecule has 0 spiro atoms. The first kappa shape index (κ1) is 15.1. The summed E-state index contributed by atoms with van der Waals surface area (Å²) in [5.41, 5.74) is 1.66. The van der Waals surface area contributed by atoms with Gasteiger partial charge in [0.2, 0.25) is 0 Å². The summed E-state index contributed by atoms with van der Waals surface area (Å²) in [5.74, 6) is 1.76. The predicted octanol–water partition coefficient (Wildman–Crippen LogP) is 4.26. The van der Waals surface area contributed by atoms with Crippen molar-refractivity contribution in [3.8, 4) is 0 Å². The van der Waals surface area contributed by atoms with E-state index in [1.807, 2.05) is 0 Å². The maximum Gasteiger partial charge on any atom is 0.133 e. The van der Waals surface area contributed by atoms with Crippen LogP contribution in [0.2, 0.25) is 0 Å². The highest BCUT2D eigenvalue weighted by Gasteiger charge is 2.32. The lowest BCUT2D eigenvalue weighted by atomic mass is 9.71. The zero-order chi connectivity index (χ0) is 14.9. The fourth-order valence-corrected chi connectivity index (χ4v) is 3.77. The molecule has 1 aromatic rings. The van der Waals surface area contributed by atoms with Crippen LogP contribution in [-0.4, -0.2) is 12.1 Å². The number of furan rings is 1. The second-order valence-corrected chi connectivity index (χ2v) is 7.87. The van der Waals surface area contributed by atoms with E-state index >= 15 is 0 Å². The number of ether oxygens (including phenoxy) is 1. The van der Waals surface area contributed by atoms with Crippen LogP contribution in [0.5, 0.6) is 0 Å². The normalized spacial score (nSPS) is 28.7. The van der Waals surface area contributed by atoms with Gasteiger partial charge in [-0.1, -0.05) is 20.8 Å². The molecule has 0 aromatic carbocycles. The molecule has 0 bridgehead atoms. The van der Waals surface area contributed by atoms with Gasteiger partial charge in [0.15, 0.2) is 0 Å². The maximum atomic E-state index is 6.17. The van der Waals surface area contributed by atoms with Crippen LogP contribution in [0.15, 0.2) is 16.7 Å². The minimum Gasteiger partial charge on any atom is -0.467 e. The van der Waals surface area contributed by atoms with E-state index in [0.29, 0.717) is 18.1 Å². The van der Waals surface area contributed by atoms with Crippen molar-refractivity contribution < 1.29 is 9.15 Å². The third-order valence-electron chi connectivity index (χ3n) is 4.79. The van der Waals surface area contributed by atoms with E-state index in [4.69, 9.17) is 9.15 Å². The van der Waals surface area contributed by atoms with Gasteiger partial charge in [0, 0.05) is 18.2 Å². The summed E-state index contributed by atoms with van der Waals surface area (Å²) >= 11 is 0. The Bertz CT molecular complexity index is 462. The van der Waals surface area contributed by atoms with Crippen molar-refractivity contribution in [1.29, 1.82) is 0 Å². The van der Waals surface area contributed by atoms with Crippen LogP contribution in [-0.2, 0) is 17.9 Å². The molecule has 3 heteroatoms. The first-order chi connectivity index (χ1) is 10.0. The minimum absolute atomic E-state index is 0.373. The van der Waals surface area contributed by atoms with Gasteiger partial charge in [0.1, 0.15) is 12.4 Å². The Kier molecular flexibility index (Phi) is 4.41. The fourth-order valence-electron chi connectivity index (χ4n) is 3.77. The molecule has 2 atom stereocenters. The van der Waals surface area contributed by atoms with Crippen LogP contribution in [0.3, 0.4) is 0 Å². The van der Waals surface area contributed by atoms with Crippen LogP contribution < -0.4 is 5.32 Å². The van der Waals surface area contributed by atoms with Crippen LogP contribution in [0.25, 0.3) is 0 Å². The molecule has 118 valence electrons. The molecular weight excluding hydrogens is 262 g/mol. The van der Waals surface area contributed by atoms with Gasteiger partial charge in [0.25, 0.3) is 0 Å². The first-order valence-electron chi connectivity index (χ1n) is 8.42. The standard InChI is InChI=1S/C18H29NO2/c1-13-8-16(10-18(2,3)9-13)21-12-17-14(6-7-20-17)11-19-15-4-5-15/h6-7,13,15-16,19H,4-5,8-12H2,1-3H3. The molecule has 0 aliphatic heterocycles. The van der Waals surface area contributed by atoms with Gasteiger partial charge in [-0.3, -0.25) is 0 Å². The molecule has 1 N–H and O–H groups in total. The van der Waals surface area contributed by atoms with Gasteiger partial charge in [-0.15, -0.1) is 0 Å². The highest BCUT2D eigenvalue weighted by atomic mass is 16.5. The number of rotatable bonds is 6. The lowest BCUT2D eigenvalue weighted by Crippen LogP contribution is -2.32. The molecule has 3 rings (SSSR count). The summed E-state index contributed by atoms with van der Waals surface area (Å²) in [6.07, 6.45) is 8.45. The smallest absolute Gasteiger partial charge is 0.133 e. The molecule has 0 amide bonds. The Balaban J connectivity index is 1.51. The van der Waals surface area contributed by atoms with Gasteiger partial charge >= 0.3 is 0 Å². The van der Waals surface area contributed by atoms with Crippen molar-refractivity contribution in [2.24, 2.45) is 11.3 Å². The Labute approximate surface area is 128 Å². The summed E-state index contributed by atoms with van der Waals surface area (Å²) in [5, 5.41) is 3.54. The minimum atomic E-state index is 0.373. The third kappa shape index (κ3) is 4.33. The Morgan fingerprint density at radius 1 is 1.33 bits per heavy atom. The molecule has 21 heavy (non-hydrogen) atoms. The number of hydrogen-bond acceptors (Lipinski definition) is 3. The lowest BCUT2D eigenvalue weighted by Gasteiger charge is -2.38. The van der Waals surface area contributed by atoms with Gasteiger partial charge in [-0.05, 0) is 49.5 Å². The van der Waals surface area contributed by atoms with E-state index in [1.54, 1.807) is 6.26 Å². The molecule has 1 heterocycles. The van der Waals surface area contributed by atoms with Crippen molar-refractivity contribution in [2.45, 2.75) is 78.2 Å². The van der Waals surface area contributed by atoms with E-state index in [0.717, 1.165) is 30.7 Å². The molecule has 2 fully saturated rings. The summed E-state index contributed by atoms with van der Waals surface area (Å²) in [4.78, 5) is 0. The summed E-state index contributed by atoms with van der Waals surface area (Å²) in [6.45, 7) is 8.58. The second-order valence-electron chi connectivity index (χ2n) is 7.87. The summed E-state index contributed by atoms with van der Waals surface area (Å²) in [6, 6.07) is 2.80. The number of hydrogen-bond donors (Lipinski definition) is 1. The van der Waals surface area contributed by atoms with E-state index < -0.39 is 0 Å². The molecule has 2 aliphatic carbocycles. The van der Waals surface area contributed by atoms with Crippen molar-refractivity contribution in [3.63, 3.8) is 0 Å². The highest BCUT2D eigenvalue weighted by molar-refractivity contribution is 5.16. The molecule has 3 nitrogen and oxygen atoms in total. The number of nitrogens with one attached hydrogen (secondary N) is 1. The van der Waals surface area contributed by atoms with Crippen LogP contribution in [0.1, 0.15) is 64.2 Å². The Morgan fingerprint density at radius 3 is 2.86 bits per heavy atom. The lowest BCUT2D eigenvalue weighted by molar-refractivity contribution is -0.0371. The quantitative estimate of drug-likeness (QED) is 0.850. The van der Waals surface area contributed by atoms with E-state index in [9.17, 15) is 0 Å². The topological polar surface area (TPSA) is 34.4 Å².